The molecule has 1 aliphatic carbocycles. The summed E-state index contributed by atoms with van der Waals surface area (Å²) >= 11 is 0. The minimum atomic E-state index is -2.67. The molecule has 0 unspecified atom stereocenters. The number of benzene rings is 2. The molecule has 1 atom stereocenters. The lowest BCUT2D eigenvalue weighted by atomic mass is 9.72. The number of carbonyl (C=O) groups excluding carboxylic acids is 1. The molecule has 0 bridgehead atoms. The number of hydrogen-bond donors (Lipinski definition) is 1. The van der Waals surface area contributed by atoms with Gasteiger partial charge in [-0.1, -0.05) is 6.07 Å². The van der Waals surface area contributed by atoms with Gasteiger partial charge in [-0.15, -0.1) is 0 Å². The van der Waals surface area contributed by atoms with Gasteiger partial charge in [-0.05, 0) is 115 Å². The number of rotatable bonds is 9. The first kappa shape index (κ1) is 34.8. The van der Waals surface area contributed by atoms with Crippen molar-refractivity contribution in [1.29, 1.82) is 0 Å². The summed E-state index contributed by atoms with van der Waals surface area (Å²) in [6.45, 7) is 11.1. The maximum atomic E-state index is 14.0. The van der Waals surface area contributed by atoms with Crippen LogP contribution in [-0.2, 0) is 4.74 Å². The van der Waals surface area contributed by atoms with Gasteiger partial charge < -0.3 is 28.9 Å². The van der Waals surface area contributed by atoms with Crippen LogP contribution in [0.1, 0.15) is 76.3 Å². The van der Waals surface area contributed by atoms with Gasteiger partial charge >= 0.3 is 12.1 Å². The SMILES string of the molecule is Cc1ccc2[nH]ncc2c1-c1c(C2CC2)cc2c(N3CCC4(CC3)CN(C(=O)OC(C)(C)C)C4)nc(OC[C@@H]3CCCN3C)nc2c1OCC(F)F. The molecule has 11 nitrogen and oxygen atoms in total. The average Bonchev–Trinajstić information content (AvgIpc) is 3.68. The maximum Gasteiger partial charge on any atom is 0.410 e. The Morgan fingerprint density at radius 3 is 2.48 bits per heavy atom. The zero-order valence-corrected chi connectivity index (χ0v) is 30.8. The summed E-state index contributed by atoms with van der Waals surface area (Å²) < 4.78 is 46.2. The van der Waals surface area contributed by atoms with Crippen molar-refractivity contribution in [3.05, 3.63) is 35.5 Å². The predicted octanol–water partition coefficient (Wildman–Crippen LogP) is 7.31. The summed E-state index contributed by atoms with van der Waals surface area (Å²) in [5.74, 6) is 1.32. The van der Waals surface area contributed by atoms with Crippen LogP contribution >= 0.6 is 0 Å². The van der Waals surface area contributed by atoms with Crippen LogP contribution in [0.3, 0.4) is 0 Å². The van der Waals surface area contributed by atoms with Gasteiger partial charge in [0.25, 0.3) is 6.43 Å². The van der Waals surface area contributed by atoms with Crippen molar-refractivity contribution in [2.75, 3.05) is 57.9 Å². The Morgan fingerprint density at radius 1 is 1.04 bits per heavy atom. The van der Waals surface area contributed by atoms with E-state index in [4.69, 9.17) is 24.2 Å². The molecule has 3 aliphatic heterocycles. The standard InChI is InChI=1S/C39H49F2N7O4/c1-23-8-11-29-28(18-42-45-29)31(23)32-26(24-9-10-24)17-27-33(34(32)50-20-30(40)41)43-36(51-19-25-7-6-14-46(25)5)44-35(27)47-15-12-39(13-16-47)21-48(22-39)37(49)52-38(2,3)4/h8,11,17-18,24-25,30H,6-7,9-10,12-16,19-22H2,1-5H3,(H,42,45)/t25-/m0/s1. The number of aromatic amines is 1. The summed E-state index contributed by atoms with van der Waals surface area (Å²) in [4.78, 5) is 29.2. The minimum absolute atomic E-state index is 0.0291. The predicted molar refractivity (Wildman–Crippen MR) is 196 cm³/mol. The third kappa shape index (κ3) is 6.72. The number of aromatic nitrogens is 4. The van der Waals surface area contributed by atoms with E-state index in [1.54, 1.807) is 11.1 Å². The van der Waals surface area contributed by atoms with Crippen LogP contribution < -0.4 is 14.4 Å². The van der Waals surface area contributed by atoms with Gasteiger partial charge in [-0.25, -0.2) is 13.6 Å². The molecule has 1 saturated carbocycles. The molecule has 1 spiro atoms. The van der Waals surface area contributed by atoms with Crippen molar-refractivity contribution < 1.29 is 27.8 Å². The van der Waals surface area contributed by atoms with E-state index in [1.807, 2.05) is 39.8 Å². The molecule has 52 heavy (non-hydrogen) atoms. The van der Waals surface area contributed by atoms with Crippen LogP contribution in [0.4, 0.5) is 19.4 Å². The minimum Gasteiger partial charge on any atom is -0.485 e. The molecule has 4 aromatic rings. The normalized spacial score (nSPS) is 20.7. The number of hydrogen-bond acceptors (Lipinski definition) is 9. The van der Waals surface area contributed by atoms with Crippen LogP contribution in [0.15, 0.2) is 24.4 Å². The number of H-pyrrole nitrogens is 1. The van der Waals surface area contributed by atoms with Crippen molar-refractivity contribution in [2.24, 2.45) is 5.41 Å². The molecule has 13 heteroatoms. The van der Waals surface area contributed by atoms with E-state index < -0.39 is 18.6 Å². The highest BCUT2D eigenvalue weighted by Gasteiger charge is 2.48. The monoisotopic (exact) mass is 717 g/mol. The van der Waals surface area contributed by atoms with E-state index in [0.29, 0.717) is 31.0 Å². The molecule has 278 valence electrons. The van der Waals surface area contributed by atoms with Gasteiger partial charge in [0, 0.05) is 54.0 Å². The van der Waals surface area contributed by atoms with Crippen molar-refractivity contribution in [2.45, 2.75) is 90.2 Å². The van der Waals surface area contributed by atoms with Gasteiger partial charge in [0.1, 0.15) is 30.1 Å². The fourth-order valence-electron chi connectivity index (χ4n) is 8.33. The number of likely N-dealkylation sites (N-methyl/N-ethyl adjacent to an activating group) is 1. The lowest BCUT2D eigenvalue weighted by molar-refractivity contribution is -0.0434. The van der Waals surface area contributed by atoms with Crippen LogP contribution in [-0.4, -0.2) is 107 Å². The average molecular weight is 718 g/mol. The number of nitrogens with zero attached hydrogens (tertiary/aromatic N) is 6. The molecule has 1 amide bonds. The largest absolute Gasteiger partial charge is 0.485 e. The Balaban J connectivity index is 1.21. The van der Waals surface area contributed by atoms with Crippen LogP contribution in [0.5, 0.6) is 11.8 Å². The molecule has 3 saturated heterocycles. The van der Waals surface area contributed by atoms with E-state index in [1.165, 1.54) is 0 Å². The number of likely N-dealkylation sites (tertiary alicyclic amines) is 2. The van der Waals surface area contributed by atoms with Gasteiger partial charge in [-0.2, -0.15) is 15.1 Å². The smallest absolute Gasteiger partial charge is 0.410 e. The number of fused-ring (bicyclic) bond motifs is 2. The lowest BCUT2D eigenvalue weighted by Gasteiger charge is -2.53. The molecule has 0 radical (unpaired) electrons. The number of amides is 1. The molecule has 2 aromatic heterocycles. The maximum absolute atomic E-state index is 14.0. The van der Waals surface area contributed by atoms with Crippen molar-refractivity contribution in [3.63, 3.8) is 0 Å². The first-order valence-corrected chi connectivity index (χ1v) is 18.7. The second-order valence-electron chi connectivity index (χ2n) is 16.4. The van der Waals surface area contributed by atoms with Gasteiger partial charge in [0.15, 0.2) is 5.75 Å². The molecular weight excluding hydrogens is 668 g/mol. The first-order chi connectivity index (χ1) is 24.9. The Labute approximate surface area is 303 Å². The quantitative estimate of drug-likeness (QED) is 0.191. The molecule has 8 rings (SSSR count). The van der Waals surface area contributed by atoms with Gasteiger partial charge in [-0.3, -0.25) is 5.10 Å². The number of anilines is 1. The van der Waals surface area contributed by atoms with Crippen molar-refractivity contribution in [3.8, 4) is 22.9 Å². The topological polar surface area (TPSA) is 109 Å². The van der Waals surface area contributed by atoms with Crippen molar-refractivity contribution in [1.82, 2.24) is 30.0 Å². The van der Waals surface area contributed by atoms with Gasteiger partial charge in [0.05, 0.1) is 11.7 Å². The number of halogens is 2. The zero-order chi connectivity index (χ0) is 36.4. The highest BCUT2D eigenvalue weighted by atomic mass is 19.3. The van der Waals surface area contributed by atoms with Crippen molar-refractivity contribution >= 4 is 33.7 Å². The summed E-state index contributed by atoms with van der Waals surface area (Å²) in [5, 5.41) is 9.08. The highest BCUT2D eigenvalue weighted by Crippen LogP contribution is 2.53. The first-order valence-electron chi connectivity index (χ1n) is 18.7. The Bertz CT molecular complexity index is 1980. The summed E-state index contributed by atoms with van der Waals surface area (Å²) in [5.41, 5.74) is 4.58. The van der Waals surface area contributed by atoms with E-state index in [2.05, 4.69) is 33.1 Å². The molecule has 4 fully saturated rings. The third-order valence-electron chi connectivity index (χ3n) is 11.3. The Kier molecular flexibility index (Phi) is 8.90. The van der Waals surface area contributed by atoms with Crippen LogP contribution in [0.2, 0.25) is 0 Å². The second-order valence-corrected chi connectivity index (χ2v) is 16.4. The summed E-state index contributed by atoms with van der Waals surface area (Å²) in [6, 6.07) is 6.65. The fourth-order valence-corrected chi connectivity index (χ4v) is 8.33. The number of ether oxygens (including phenoxy) is 3. The van der Waals surface area contributed by atoms with Gasteiger partial charge in [0.2, 0.25) is 0 Å². The van der Waals surface area contributed by atoms with Crippen LogP contribution in [0.25, 0.3) is 32.9 Å². The number of nitrogens with one attached hydrogen (secondary N) is 1. The molecule has 5 heterocycles. The lowest BCUT2D eigenvalue weighted by Crippen LogP contribution is -2.62. The van der Waals surface area contributed by atoms with E-state index in [9.17, 15) is 13.6 Å². The van der Waals surface area contributed by atoms with E-state index in [0.717, 1.165) is 103 Å². The number of carbonyl (C=O) groups is 1. The fraction of sp³-hybridized carbons (Fsp3) is 0.590. The second kappa shape index (κ2) is 13.3. The zero-order valence-electron chi connectivity index (χ0n) is 30.8. The summed E-state index contributed by atoms with van der Waals surface area (Å²) in [6.07, 6.45) is 4.74. The molecule has 1 N–H and O–H groups in total. The molecular formula is C39H49F2N7O4. The number of aryl methyl sites for hydroxylation is 1. The molecule has 4 aliphatic rings. The molecule has 2 aromatic carbocycles. The number of piperidine rings is 1. The highest BCUT2D eigenvalue weighted by molar-refractivity contribution is 6.06. The Hall–Kier alpha value is -4.26. The number of alkyl halides is 2. The van der Waals surface area contributed by atoms with E-state index in [-0.39, 0.29) is 29.5 Å². The third-order valence-corrected chi connectivity index (χ3v) is 11.3. The van der Waals surface area contributed by atoms with Crippen LogP contribution in [0, 0.1) is 12.3 Å². The Morgan fingerprint density at radius 2 is 1.81 bits per heavy atom. The van der Waals surface area contributed by atoms with E-state index >= 15 is 0 Å². The summed E-state index contributed by atoms with van der Waals surface area (Å²) in [7, 11) is 2.10.